The summed E-state index contributed by atoms with van der Waals surface area (Å²) in [6.45, 7) is 8.20. The van der Waals surface area contributed by atoms with Gasteiger partial charge in [0.15, 0.2) is 0 Å². The molecule has 3 N–H and O–H groups in total. The van der Waals surface area contributed by atoms with Crippen molar-refractivity contribution < 1.29 is 14.7 Å². The summed E-state index contributed by atoms with van der Waals surface area (Å²) in [5.41, 5.74) is 0. The standard InChI is InChI=1S/C14H28N2O3/c1-5-12(9-13(17)18)16-14(19)15-11(4)8-6-7-10(2)3/h10-12H,5-9H2,1-4H3,(H,17,18)(H2,15,16,19). The maximum Gasteiger partial charge on any atom is 0.315 e. The van der Waals surface area contributed by atoms with Crippen LogP contribution in [0.25, 0.3) is 0 Å². The van der Waals surface area contributed by atoms with Crippen molar-refractivity contribution >= 4 is 12.0 Å². The number of carboxylic acid groups (broad SMARTS) is 1. The molecular formula is C14H28N2O3. The van der Waals surface area contributed by atoms with Crippen molar-refractivity contribution in [2.45, 2.75) is 71.9 Å². The lowest BCUT2D eigenvalue weighted by atomic mass is 10.0. The first-order valence-electron chi connectivity index (χ1n) is 7.13. The largest absolute Gasteiger partial charge is 0.481 e. The first kappa shape index (κ1) is 17.7. The Kier molecular flexibility index (Phi) is 9.00. The normalized spacial score (nSPS) is 13.9. The molecule has 0 aliphatic heterocycles. The molecule has 0 saturated carbocycles. The summed E-state index contributed by atoms with van der Waals surface area (Å²) in [7, 11) is 0. The fourth-order valence-corrected chi connectivity index (χ4v) is 1.86. The van der Waals surface area contributed by atoms with E-state index in [0.29, 0.717) is 12.3 Å². The van der Waals surface area contributed by atoms with Crippen LogP contribution in [0.2, 0.25) is 0 Å². The molecule has 0 bridgehead atoms. The van der Waals surface area contributed by atoms with Crippen LogP contribution in [0.5, 0.6) is 0 Å². The molecule has 112 valence electrons. The van der Waals surface area contributed by atoms with Gasteiger partial charge in [-0.1, -0.05) is 33.6 Å². The molecular weight excluding hydrogens is 244 g/mol. The van der Waals surface area contributed by atoms with Crippen LogP contribution in [0, 0.1) is 5.92 Å². The molecule has 0 heterocycles. The molecule has 0 aromatic heterocycles. The molecule has 0 saturated heterocycles. The molecule has 2 amide bonds. The molecule has 2 unspecified atom stereocenters. The Morgan fingerprint density at radius 1 is 1.11 bits per heavy atom. The highest BCUT2D eigenvalue weighted by atomic mass is 16.4. The number of carbonyl (C=O) groups is 2. The second kappa shape index (κ2) is 9.64. The maximum atomic E-state index is 11.7. The summed E-state index contributed by atoms with van der Waals surface area (Å²) in [4.78, 5) is 22.3. The van der Waals surface area contributed by atoms with Gasteiger partial charge in [0.25, 0.3) is 0 Å². The van der Waals surface area contributed by atoms with Gasteiger partial charge in [-0.05, 0) is 25.7 Å². The highest BCUT2D eigenvalue weighted by molar-refractivity contribution is 5.75. The minimum Gasteiger partial charge on any atom is -0.481 e. The quantitative estimate of drug-likeness (QED) is 0.604. The minimum atomic E-state index is -0.892. The maximum absolute atomic E-state index is 11.7. The lowest BCUT2D eigenvalue weighted by Crippen LogP contribution is -2.45. The Morgan fingerprint density at radius 2 is 1.74 bits per heavy atom. The van der Waals surface area contributed by atoms with Crippen molar-refractivity contribution in [3.8, 4) is 0 Å². The number of carbonyl (C=O) groups excluding carboxylic acids is 1. The number of carboxylic acids is 1. The fourth-order valence-electron chi connectivity index (χ4n) is 1.86. The van der Waals surface area contributed by atoms with Crippen molar-refractivity contribution in [3.05, 3.63) is 0 Å². The zero-order chi connectivity index (χ0) is 14.8. The predicted octanol–water partition coefficient (Wildman–Crippen LogP) is 2.75. The average Bonchev–Trinajstić information content (AvgIpc) is 2.26. The lowest BCUT2D eigenvalue weighted by molar-refractivity contribution is -0.137. The number of urea groups is 1. The molecule has 0 spiro atoms. The van der Waals surface area contributed by atoms with Gasteiger partial charge in [0, 0.05) is 12.1 Å². The van der Waals surface area contributed by atoms with Crippen molar-refractivity contribution in [2.24, 2.45) is 5.92 Å². The Morgan fingerprint density at radius 3 is 2.21 bits per heavy atom. The van der Waals surface area contributed by atoms with Gasteiger partial charge in [0.05, 0.1) is 6.42 Å². The summed E-state index contributed by atoms with van der Waals surface area (Å²) in [6, 6.07) is -0.466. The first-order chi connectivity index (χ1) is 8.85. The van der Waals surface area contributed by atoms with Crippen LogP contribution in [0.1, 0.15) is 59.8 Å². The van der Waals surface area contributed by atoms with Crippen LogP contribution in [-0.4, -0.2) is 29.2 Å². The molecule has 0 aliphatic rings. The van der Waals surface area contributed by atoms with Gasteiger partial charge in [-0.2, -0.15) is 0 Å². The van der Waals surface area contributed by atoms with Crippen molar-refractivity contribution in [3.63, 3.8) is 0 Å². The number of aliphatic carboxylic acids is 1. The summed E-state index contributed by atoms with van der Waals surface area (Å²) in [6.07, 6.45) is 3.77. The summed E-state index contributed by atoms with van der Waals surface area (Å²) in [5.74, 6) is -0.210. The zero-order valence-corrected chi connectivity index (χ0v) is 12.5. The number of rotatable bonds is 9. The number of amides is 2. The van der Waals surface area contributed by atoms with Crippen LogP contribution in [0.4, 0.5) is 4.79 Å². The van der Waals surface area contributed by atoms with E-state index in [1.54, 1.807) is 0 Å². The van der Waals surface area contributed by atoms with Crippen LogP contribution in [0.3, 0.4) is 0 Å². The van der Waals surface area contributed by atoms with Gasteiger partial charge in [-0.3, -0.25) is 4.79 Å². The van der Waals surface area contributed by atoms with Crippen molar-refractivity contribution in [2.75, 3.05) is 0 Å². The SMILES string of the molecule is CCC(CC(=O)O)NC(=O)NC(C)CCCC(C)C. The second-order valence-electron chi connectivity index (χ2n) is 5.55. The van der Waals surface area contributed by atoms with Gasteiger partial charge >= 0.3 is 12.0 Å². The number of hydrogen-bond acceptors (Lipinski definition) is 2. The predicted molar refractivity (Wildman–Crippen MR) is 76.2 cm³/mol. The number of hydrogen-bond donors (Lipinski definition) is 3. The van der Waals surface area contributed by atoms with Gasteiger partial charge in [0.1, 0.15) is 0 Å². The average molecular weight is 272 g/mol. The Hall–Kier alpha value is -1.26. The minimum absolute atomic E-state index is 0.0361. The van der Waals surface area contributed by atoms with Crippen LogP contribution in [-0.2, 0) is 4.79 Å². The van der Waals surface area contributed by atoms with E-state index in [9.17, 15) is 9.59 Å². The fraction of sp³-hybridized carbons (Fsp3) is 0.857. The molecule has 0 aromatic carbocycles. The molecule has 0 radical (unpaired) electrons. The summed E-state index contributed by atoms with van der Waals surface area (Å²) in [5, 5.41) is 14.3. The van der Waals surface area contributed by atoms with E-state index in [1.165, 1.54) is 0 Å². The van der Waals surface area contributed by atoms with Gasteiger partial charge in [-0.25, -0.2) is 4.79 Å². The van der Waals surface area contributed by atoms with E-state index < -0.39 is 5.97 Å². The van der Waals surface area contributed by atoms with E-state index in [0.717, 1.165) is 19.3 Å². The zero-order valence-electron chi connectivity index (χ0n) is 12.5. The number of nitrogens with one attached hydrogen (secondary N) is 2. The van der Waals surface area contributed by atoms with E-state index >= 15 is 0 Å². The van der Waals surface area contributed by atoms with E-state index in [4.69, 9.17) is 5.11 Å². The van der Waals surface area contributed by atoms with Gasteiger partial charge in [-0.15, -0.1) is 0 Å². The highest BCUT2D eigenvalue weighted by Crippen LogP contribution is 2.08. The van der Waals surface area contributed by atoms with Crippen LogP contribution < -0.4 is 10.6 Å². The third-order valence-electron chi connectivity index (χ3n) is 3.05. The summed E-state index contributed by atoms with van der Waals surface area (Å²) < 4.78 is 0. The van der Waals surface area contributed by atoms with E-state index in [-0.39, 0.29) is 24.5 Å². The molecule has 0 rings (SSSR count). The highest BCUT2D eigenvalue weighted by Gasteiger charge is 2.15. The molecule has 19 heavy (non-hydrogen) atoms. The molecule has 5 nitrogen and oxygen atoms in total. The first-order valence-corrected chi connectivity index (χ1v) is 7.13. The van der Waals surface area contributed by atoms with Crippen molar-refractivity contribution in [1.29, 1.82) is 0 Å². The summed E-state index contributed by atoms with van der Waals surface area (Å²) >= 11 is 0. The molecule has 0 fully saturated rings. The molecule has 2 atom stereocenters. The van der Waals surface area contributed by atoms with Gasteiger partial charge in [0.2, 0.25) is 0 Å². The Labute approximate surface area is 116 Å². The monoisotopic (exact) mass is 272 g/mol. The van der Waals surface area contributed by atoms with E-state index in [2.05, 4.69) is 24.5 Å². The van der Waals surface area contributed by atoms with Crippen LogP contribution in [0.15, 0.2) is 0 Å². The van der Waals surface area contributed by atoms with Gasteiger partial charge < -0.3 is 15.7 Å². The van der Waals surface area contributed by atoms with Crippen LogP contribution >= 0.6 is 0 Å². The van der Waals surface area contributed by atoms with E-state index in [1.807, 2.05) is 13.8 Å². The second-order valence-corrected chi connectivity index (χ2v) is 5.55. The third kappa shape index (κ3) is 10.4. The Balaban J connectivity index is 3.91. The molecule has 0 aromatic rings. The third-order valence-corrected chi connectivity index (χ3v) is 3.05. The molecule has 0 aliphatic carbocycles. The topological polar surface area (TPSA) is 78.4 Å². The van der Waals surface area contributed by atoms with Crippen molar-refractivity contribution in [1.82, 2.24) is 10.6 Å². The lowest BCUT2D eigenvalue weighted by Gasteiger charge is -2.19. The smallest absolute Gasteiger partial charge is 0.315 e. The molecule has 5 heteroatoms. The Bertz CT molecular complexity index is 280.